The van der Waals surface area contributed by atoms with E-state index in [1.165, 1.54) is 40.5 Å². The van der Waals surface area contributed by atoms with Crippen LogP contribution in [-0.4, -0.2) is 5.71 Å². The molecule has 78 valence electrons. The van der Waals surface area contributed by atoms with E-state index in [0.29, 0.717) is 0 Å². The van der Waals surface area contributed by atoms with Crippen molar-refractivity contribution in [2.75, 3.05) is 0 Å². The van der Waals surface area contributed by atoms with E-state index in [4.69, 9.17) is 0 Å². The van der Waals surface area contributed by atoms with Crippen LogP contribution in [0.2, 0.25) is 0 Å². The third-order valence-electron chi connectivity index (χ3n) is 2.09. The highest BCUT2D eigenvalue weighted by Gasteiger charge is 2.12. The SMILES string of the molecule is CC.CC1CCC(=NNSI)CC1. The molecule has 1 fully saturated rings. The van der Waals surface area contributed by atoms with E-state index in [2.05, 4.69) is 38.1 Å². The Kier molecular flexibility index (Phi) is 9.50. The second-order valence-corrected chi connectivity index (χ2v) is 4.69. The smallest absolute Gasteiger partial charge is 0.0396 e. The topological polar surface area (TPSA) is 24.4 Å². The molecule has 1 aliphatic rings. The molecule has 0 aliphatic heterocycles. The summed E-state index contributed by atoms with van der Waals surface area (Å²) in [7, 11) is 1.53. The molecular weight excluding hydrogens is 295 g/mol. The van der Waals surface area contributed by atoms with Gasteiger partial charge in [0.2, 0.25) is 0 Å². The third kappa shape index (κ3) is 6.60. The molecule has 0 aromatic heterocycles. The summed E-state index contributed by atoms with van der Waals surface area (Å²) < 4.78 is 0. The maximum atomic E-state index is 4.26. The van der Waals surface area contributed by atoms with Crippen molar-refractivity contribution in [3.63, 3.8) is 0 Å². The van der Waals surface area contributed by atoms with Gasteiger partial charge in [-0.15, -0.1) is 0 Å². The lowest BCUT2D eigenvalue weighted by Crippen LogP contribution is -2.13. The monoisotopic (exact) mass is 314 g/mol. The van der Waals surface area contributed by atoms with Gasteiger partial charge in [0.1, 0.15) is 0 Å². The molecule has 0 unspecified atom stereocenters. The van der Waals surface area contributed by atoms with Crippen LogP contribution in [0.15, 0.2) is 5.10 Å². The van der Waals surface area contributed by atoms with Crippen molar-refractivity contribution >= 4 is 36.0 Å². The van der Waals surface area contributed by atoms with Gasteiger partial charge in [-0.3, -0.25) is 0 Å². The Morgan fingerprint density at radius 2 is 1.92 bits per heavy atom. The maximum Gasteiger partial charge on any atom is 0.0396 e. The second kappa shape index (κ2) is 9.12. The van der Waals surface area contributed by atoms with E-state index in [-0.39, 0.29) is 0 Å². The lowest BCUT2D eigenvalue weighted by Gasteiger charge is -2.18. The van der Waals surface area contributed by atoms with E-state index in [1.807, 2.05) is 13.8 Å². The van der Waals surface area contributed by atoms with Gasteiger partial charge in [0.25, 0.3) is 0 Å². The second-order valence-electron chi connectivity index (χ2n) is 3.03. The fourth-order valence-electron chi connectivity index (χ4n) is 1.29. The van der Waals surface area contributed by atoms with Crippen LogP contribution in [0.4, 0.5) is 0 Å². The third-order valence-corrected chi connectivity index (χ3v) is 2.84. The van der Waals surface area contributed by atoms with Crippen molar-refractivity contribution < 1.29 is 0 Å². The van der Waals surface area contributed by atoms with Crippen molar-refractivity contribution in [1.29, 1.82) is 0 Å². The van der Waals surface area contributed by atoms with Crippen molar-refractivity contribution in [3.05, 3.63) is 0 Å². The first-order chi connectivity index (χ1) is 6.33. The molecule has 0 aromatic carbocycles. The van der Waals surface area contributed by atoms with E-state index < -0.39 is 0 Å². The van der Waals surface area contributed by atoms with Crippen LogP contribution >= 0.6 is 30.3 Å². The summed E-state index contributed by atoms with van der Waals surface area (Å²) in [5.74, 6) is 0.904. The van der Waals surface area contributed by atoms with E-state index in [0.717, 1.165) is 5.92 Å². The number of nitrogens with zero attached hydrogens (tertiary/aromatic N) is 1. The number of hydrogen-bond donors (Lipinski definition) is 1. The van der Waals surface area contributed by atoms with Gasteiger partial charge >= 0.3 is 0 Å². The average Bonchev–Trinajstić information content (AvgIpc) is 2.20. The predicted octanol–water partition coefficient (Wildman–Crippen LogP) is 4.17. The van der Waals surface area contributed by atoms with Crippen molar-refractivity contribution in [3.8, 4) is 0 Å². The molecule has 1 saturated carbocycles. The molecule has 0 heterocycles. The van der Waals surface area contributed by atoms with E-state index in [9.17, 15) is 0 Å². The van der Waals surface area contributed by atoms with Gasteiger partial charge in [-0.1, -0.05) is 20.8 Å². The number of nitrogens with one attached hydrogen (secondary N) is 1. The first-order valence-electron chi connectivity index (χ1n) is 4.91. The Balaban J connectivity index is 0.000000671. The summed E-state index contributed by atoms with van der Waals surface area (Å²) in [6.07, 6.45) is 5.00. The summed E-state index contributed by atoms with van der Waals surface area (Å²) >= 11 is 2.19. The standard InChI is InChI=1S/C7H13IN2S.C2H6/c1-6-2-4-7(5-3-6)9-10-11-8;1-2/h6,10H,2-5H2,1H3;1-2H3. The van der Waals surface area contributed by atoms with Gasteiger partial charge in [-0.2, -0.15) is 5.10 Å². The van der Waals surface area contributed by atoms with Crippen LogP contribution < -0.4 is 4.83 Å². The first-order valence-corrected chi connectivity index (χ1v) is 8.27. The molecule has 0 amide bonds. The Morgan fingerprint density at radius 3 is 2.38 bits per heavy atom. The van der Waals surface area contributed by atoms with Crippen LogP contribution in [0.3, 0.4) is 0 Å². The van der Waals surface area contributed by atoms with E-state index in [1.54, 1.807) is 0 Å². The lowest BCUT2D eigenvalue weighted by atomic mass is 9.90. The number of halogens is 1. The van der Waals surface area contributed by atoms with Gasteiger partial charge in [-0.25, -0.2) is 4.83 Å². The summed E-state index contributed by atoms with van der Waals surface area (Å²) in [5.41, 5.74) is 1.34. The summed E-state index contributed by atoms with van der Waals surface area (Å²) in [5, 5.41) is 4.26. The molecule has 1 N–H and O–H groups in total. The fourth-order valence-corrected chi connectivity index (χ4v) is 1.75. The minimum Gasteiger partial charge on any atom is -0.242 e. The van der Waals surface area contributed by atoms with Gasteiger partial charge in [-0.05, 0) is 31.6 Å². The van der Waals surface area contributed by atoms with Gasteiger partial charge in [0.15, 0.2) is 0 Å². The van der Waals surface area contributed by atoms with Crippen LogP contribution in [0.5, 0.6) is 0 Å². The Hall–Kier alpha value is 0.550. The zero-order valence-corrected chi connectivity index (χ0v) is 11.6. The zero-order chi connectivity index (χ0) is 10.1. The molecule has 2 nitrogen and oxygen atoms in total. The molecule has 0 saturated heterocycles. The molecule has 0 bridgehead atoms. The molecule has 0 radical (unpaired) electrons. The Morgan fingerprint density at radius 1 is 1.38 bits per heavy atom. The molecule has 1 aliphatic carbocycles. The molecule has 0 spiro atoms. The molecular formula is C9H19IN2S. The quantitative estimate of drug-likeness (QED) is 0.470. The number of rotatable bonds is 2. The van der Waals surface area contributed by atoms with Crippen molar-refractivity contribution in [2.24, 2.45) is 11.0 Å². The van der Waals surface area contributed by atoms with E-state index >= 15 is 0 Å². The Bertz CT molecular complexity index is 141. The highest BCUT2D eigenvalue weighted by molar-refractivity contribution is 14.2. The van der Waals surface area contributed by atoms with Crippen LogP contribution in [0.1, 0.15) is 46.5 Å². The lowest BCUT2D eigenvalue weighted by molar-refractivity contribution is 0.482. The molecule has 0 aromatic rings. The van der Waals surface area contributed by atoms with Gasteiger partial charge in [0, 0.05) is 36.0 Å². The van der Waals surface area contributed by atoms with Crippen LogP contribution in [0, 0.1) is 5.92 Å². The largest absolute Gasteiger partial charge is 0.242 e. The molecule has 1 rings (SSSR count). The zero-order valence-electron chi connectivity index (χ0n) is 8.64. The van der Waals surface area contributed by atoms with Crippen molar-refractivity contribution in [2.45, 2.75) is 46.5 Å². The molecule has 13 heavy (non-hydrogen) atoms. The summed E-state index contributed by atoms with van der Waals surface area (Å²) in [6.45, 7) is 6.32. The fraction of sp³-hybridized carbons (Fsp3) is 0.889. The maximum absolute atomic E-state index is 4.26. The normalized spacial score (nSPS) is 21.5. The number of hydrazone groups is 1. The highest BCUT2D eigenvalue weighted by atomic mass is 127. The summed E-state index contributed by atoms with van der Waals surface area (Å²) in [6, 6.07) is 0. The molecule has 0 atom stereocenters. The van der Waals surface area contributed by atoms with Crippen LogP contribution in [-0.2, 0) is 0 Å². The van der Waals surface area contributed by atoms with Crippen molar-refractivity contribution in [1.82, 2.24) is 4.83 Å². The minimum atomic E-state index is 0.904. The Labute approximate surface area is 98.0 Å². The van der Waals surface area contributed by atoms with Crippen LogP contribution in [0.25, 0.3) is 0 Å². The minimum absolute atomic E-state index is 0.904. The highest BCUT2D eigenvalue weighted by Crippen LogP contribution is 2.21. The van der Waals surface area contributed by atoms with Gasteiger partial charge < -0.3 is 0 Å². The molecule has 4 heteroatoms. The number of hydrogen-bond acceptors (Lipinski definition) is 3. The predicted molar refractivity (Wildman–Crippen MR) is 71.2 cm³/mol. The summed E-state index contributed by atoms with van der Waals surface area (Å²) in [4.78, 5) is 2.92. The van der Waals surface area contributed by atoms with Gasteiger partial charge in [0.05, 0.1) is 0 Å². The first kappa shape index (κ1) is 13.5. The average molecular weight is 314 g/mol.